The molecule has 0 radical (unpaired) electrons. The van der Waals surface area contributed by atoms with Crippen molar-refractivity contribution in [1.82, 2.24) is 9.97 Å². The van der Waals surface area contributed by atoms with Gasteiger partial charge in [0.2, 0.25) is 0 Å². The predicted molar refractivity (Wildman–Crippen MR) is 58.3 cm³/mol. The summed E-state index contributed by atoms with van der Waals surface area (Å²) in [7, 11) is 0. The van der Waals surface area contributed by atoms with Gasteiger partial charge in [0.15, 0.2) is 0 Å². The molecule has 4 nitrogen and oxygen atoms in total. The summed E-state index contributed by atoms with van der Waals surface area (Å²) >= 11 is 1.35. The molecule has 0 aliphatic heterocycles. The molecule has 15 heavy (non-hydrogen) atoms. The van der Waals surface area contributed by atoms with Crippen molar-refractivity contribution in [2.75, 3.05) is 5.94 Å². The highest BCUT2D eigenvalue weighted by atomic mass is 32.2. The molecule has 0 aliphatic rings. The van der Waals surface area contributed by atoms with Crippen molar-refractivity contribution >= 4 is 17.7 Å². The Balaban J connectivity index is 2.32. The molecule has 1 rings (SSSR count). The molecule has 0 fully saturated rings. The van der Waals surface area contributed by atoms with Crippen LogP contribution in [0.5, 0.6) is 0 Å². The SMILES string of the molecule is CC(C)(C)C(=O)OCSc1cnccn1. The molecule has 0 aromatic carbocycles. The van der Waals surface area contributed by atoms with E-state index in [1.807, 2.05) is 20.8 Å². The number of rotatable bonds is 3. The maximum Gasteiger partial charge on any atom is 0.312 e. The molecule has 82 valence electrons. The van der Waals surface area contributed by atoms with Gasteiger partial charge in [-0.1, -0.05) is 11.8 Å². The Morgan fingerprint density at radius 1 is 1.47 bits per heavy atom. The Labute approximate surface area is 93.5 Å². The third-order valence-corrected chi connectivity index (χ3v) is 2.29. The molecule has 0 saturated carbocycles. The fraction of sp³-hybridized carbons (Fsp3) is 0.500. The number of aromatic nitrogens is 2. The largest absolute Gasteiger partial charge is 0.454 e. The summed E-state index contributed by atoms with van der Waals surface area (Å²) < 4.78 is 5.07. The van der Waals surface area contributed by atoms with Gasteiger partial charge < -0.3 is 4.74 Å². The van der Waals surface area contributed by atoms with E-state index < -0.39 is 5.41 Å². The fourth-order valence-electron chi connectivity index (χ4n) is 0.720. The van der Waals surface area contributed by atoms with Gasteiger partial charge in [-0.2, -0.15) is 0 Å². The molecule has 5 heteroatoms. The average Bonchev–Trinajstić information content (AvgIpc) is 2.18. The highest BCUT2D eigenvalue weighted by Crippen LogP contribution is 2.18. The highest BCUT2D eigenvalue weighted by molar-refractivity contribution is 7.99. The zero-order valence-corrected chi connectivity index (χ0v) is 9.87. The van der Waals surface area contributed by atoms with E-state index in [4.69, 9.17) is 4.74 Å². The second kappa shape index (κ2) is 5.11. The van der Waals surface area contributed by atoms with Crippen LogP contribution < -0.4 is 0 Å². The van der Waals surface area contributed by atoms with Crippen molar-refractivity contribution in [3.8, 4) is 0 Å². The number of hydrogen-bond acceptors (Lipinski definition) is 5. The second-order valence-corrected chi connectivity index (χ2v) is 4.93. The molecule has 0 saturated heterocycles. The summed E-state index contributed by atoms with van der Waals surface area (Å²) in [5.41, 5.74) is -0.455. The van der Waals surface area contributed by atoms with E-state index in [1.54, 1.807) is 18.6 Å². The van der Waals surface area contributed by atoms with E-state index in [0.717, 1.165) is 5.03 Å². The molecular weight excluding hydrogens is 212 g/mol. The van der Waals surface area contributed by atoms with Crippen molar-refractivity contribution in [3.05, 3.63) is 18.6 Å². The summed E-state index contributed by atoms with van der Waals surface area (Å²) in [4.78, 5) is 19.3. The van der Waals surface area contributed by atoms with Crippen LogP contribution in [0.2, 0.25) is 0 Å². The molecule has 1 aromatic rings. The lowest BCUT2D eigenvalue weighted by atomic mass is 9.98. The van der Waals surface area contributed by atoms with Gasteiger partial charge in [0, 0.05) is 12.4 Å². The lowest BCUT2D eigenvalue weighted by Crippen LogP contribution is -2.22. The number of esters is 1. The summed E-state index contributed by atoms with van der Waals surface area (Å²) in [5, 5.41) is 0.749. The van der Waals surface area contributed by atoms with Crippen molar-refractivity contribution in [3.63, 3.8) is 0 Å². The molecule has 0 spiro atoms. The summed E-state index contributed by atoms with van der Waals surface area (Å²) in [6.45, 7) is 5.47. The maximum atomic E-state index is 11.4. The number of carbonyl (C=O) groups excluding carboxylic acids is 1. The van der Waals surface area contributed by atoms with Crippen LogP contribution in [-0.2, 0) is 9.53 Å². The minimum absolute atomic E-state index is 0.209. The topological polar surface area (TPSA) is 52.1 Å². The van der Waals surface area contributed by atoms with Crippen LogP contribution in [0.3, 0.4) is 0 Å². The van der Waals surface area contributed by atoms with Crippen LogP contribution in [0.25, 0.3) is 0 Å². The summed E-state index contributed by atoms with van der Waals surface area (Å²) in [5.74, 6) is 0.0633. The highest BCUT2D eigenvalue weighted by Gasteiger charge is 2.22. The monoisotopic (exact) mass is 226 g/mol. The van der Waals surface area contributed by atoms with Crippen molar-refractivity contribution in [2.45, 2.75) is 25.8 Å². The number of thioether (sulfide) groups is 1. The lowest BCUT2D eigenvalue weighted by molar-refractivity contribution is -0.150. The quantitative estimate of drug-likeness (QED) is 0.449. The van der Waals surface area contributed by atoms with Crippen LogP contribution in [-0.4, -0.2) is 21.9 Å². The first kappa shape index (κ1) is 12.0. The van der Waals surface area contributed by atoms with Gasteiger partial charge in [-0.25, -0.2) is 4.98 Å². The van der Waals surface area contributed by atoms with Gasteiger partial charge in [0.1, 0.15) is 11.0 Å². The molecule has 0 bridgehead atoms. The fourth-order valence-corrected chi connectivity index (χ4v) is 1.28. The minimum atomic E-state index is -0.455. The molecule has 0 amide bonds. The predicted octanol–water partition coefficient (Wildman–Crippen LogP) is 2.12. The molecule has 1 heterocycles. The Bertz CT molecular complexity index is 322. The number of ether oxygens (including phenoxy) is 1. The first-order valence-electron chi connectivity index (χ1n) is 4.56. The zero-order valence-electron chi connectivity index (χ0n) is 9.06. The molecule has 1 aromatic heterocycles. The van der Waals surface area contributed by atoms with Crippen LogP contribution >= 0.6 is 11.8 Å². The minimum Gasteiger partial charge on any atom is -0.454 e. The standard InChI is InChI=1S/C10H14N2O2S/c1-10(2,3)9(13)14-7-15-8-6-11-4-5-12-8/h4-6H,7H2,1-3H3. The van der Waals surface area contributed by atoms with Crippen molar-refractivity contribution in [1.29, 1.82) is 0 Å². The van der Waals surface area contributed by atoms with E-state index in [0.29, 0.717) is 0 Å². The summed E-state index contributed by atoms with van der Waals surface area (Å²) in [6.07, 6.45) is 4.84. The molecule has 0 aliphatic carbocycles. The number of nitrogens with zero attached hydrogens (tertiary/aromatic N) is 2. The van der Waals surface area contributed by atoms with Gasteiger partial charge in [-0.3, -0.25) is 9.78 Å². The van der Waals surface area contributed by atoms with E-state index in [9.17, 15) is 4.79 Å². The van der Waals surface area contributed by atoms with Crippen LogP contribution in [0.4, 0.5) is 0 Å². The third kappa shape index (κ3) is 4.29. The molecular formula is C10H14N2O2S. The zero-order chi connectivity index (χ0) is 11.3. The van der Waals surface area contributed by atoms with E-state index in [2.05, 4.69) is 9.97 Å². The third-order valence-electron chi connectivity index (χ3n) is 1.55. The van der Waals surface area contributed by atoms with Crippen molar-refractivity contribution < 1.29 is 9.53 Å². The Kier molecular flexibility index (Phi) is 4.08. The second-order valence-electron chi connectivity index (χ2n) is 3.99. The lowest BCUT2D eigenvalue weighted by Gasteiger charge is -2.15. The van der Waals surface area contributed by atoms with Gasteiger partial charge in [-0.15, -0.1) is 0 Å². The molecule has 0 unspecified atom stereocenters. The number of hydrogen-bond donors (Lipinski definition) is 0. The van der Waals surface area contributed by atoms with Gasteiger partial charge in [0.05, 0.1) is 11.6 Å². The summed E-state index contributed by atoms with van der Waals surface area (Å²) in [6, 6.07) is 0. The van der Waals surface area contributed by atoms with Crippen LogP contribution in [0, 0.1) is 5.41 Å². The van der Waals surface area contributed by atoms with E-state index in [-0.39, 0.29) is 11.9 Å². The normalized spacial score (nSPS) is 11.1. The van der Waals surface area contributed by atoms with Gasteiger partial charge in [0.25, 0.3) is 0 Å². The average molecular weight is 226 g/mol. The smallest absolute Gasteiger partial charge is 0.312 e. The first-order chi connectivity index (χ1) is 7.00. The molecule has 0 atom stereocenters. The van der Waals surface area contributed by atoms with Crippen LogP contribution in [0.1, 0.15) is 20.8 Å². The van der Waals surface area contributed by atoms with E-state index >= 15 is 0 Å². The first-order valence-corrected chi connectivity index (χ1v) is 5.55. The maximum absolute atomic E-state index is 11.4. The Hall–Kier alpha value is -1.10. The number of carbonyl (C=O) groups is 1. The van der Waals surface area contributed by atoms with Crippen LogP contribution in [0.15, 0.2) is 23.6 Å². The Morgan fingerprint density at radius 2 is 2.20 bits per heavy atom. The Morgan fingerprint density at radius 3 is 2.73 bits per heavy atom. The van der Waals surface area contributed by atoms with Gasteiger partial charge in [-0.05, 0) is 20.8 Å². The van der Waals surface area contributed by atoms with Crippen molar-refractivity contribution in [2.24, 2.45) is 5.41 Å². The molecule has 0 N–H and O–H groups in total. The van der Waals surface area contributed by atoms with E-state index in [1.165, 1.54) is 11.8 Å². The van der Waals surface area contributed by atoms with Gasteiger partial charge >= 0.3 is 5.97 Å².